The zero-order valence-electron chi connectivity index (χ0n) is 14.5. The van der Waals surface area contributed by atoms with Crippen molar-refractivity contribution in [2.75, 3.05) is 14.2 Å². The fourth-order valence-electron chi connectivity index (χ4n) is 3.00. The Morgan fingerprint density at radius 1 is 0.852 bits per heavy atom. The summed E-state index contributed by atoms with van der Waals surface area (Å²) in [6.45, 7) is 0. The van der Waals surface area contributed by atoms with Crippen LogP contribution in [0, 0.1) is 0 Å². The first-order valence-electron chi connectivity index (χ1n) is 8.06. The molecule has 0 saturated heterocycles. The number of methoxy groups -OCH3 is 2. The Hall–Kier alpha value is -3.81. The van der Waals surface area contributed by atoms with E-state index >= 15 is 0 Å². The molecule has 0 aliphatic heterocycles. The van der Waals surface area contributed by atoms with Crippen LogP contribution in [-0.4, -0.2) is 46.1 Å². The molecule has 0 radical (unpaired) electrons. The molecule has 2 aromatic carbocycles. The average molecular weight is 362 g/mol. The number of hydrogen-bond donors (Lipinski definition) is 0. The maximum absolute atomic E-state index is 12.4. The van der Waals surface area contributed by atoms with Gasteiger partial charge in [0.25, 0.3) is 0 Å². The zero-order chi connectivity index (χ0) is 19.0. The summed E-state index contributed by atoms with van der Waals surface area (Å²) in [6, 6.07) is 14.9. The van der Waals surface area contributed by atoms with E-state index in [2.05, 4.69) is 15.3 Å². The van der Waals surface area contributed by atoms with Gasteiger partial charge in [0, 0.05) is 10.8 Å². The van der Waals surface area contributed by atoms with Crippen LogP contribution in [0.4, 0.5) is 0 Å². The van der Waals surface area contributed by atoms with Crippen LogP contribution in [0.2, 0.25) is 0 Å². The van der Waals surface area contributed by atoms with Crippen LogP contribution in [0.1, 0.15) is 21.0 Å². The average Bonchev–Trinajstić information content (AvgIpc) is 3.15. The van der Waals surface area contributed by atoms with E-state index in [4.69, 9.17) is 9.47 Å². The van der Waals surface area contributed by atoms with Crippen LogP contribution in [0.25, 0.3) is 27.5 Å². The molecule has 134 valence electrons. The molecule has 0 amide bonds. The number of nitrogens with zero attached hydrogens (tertiary/aromatic N) is 4. The van der Waals surface area contributed by atoms with E-state index in [1.165, 1.54) is 18.9 Å². The van der Waals surface area contributed by atoms with Crippen molar-refractivity contribution in [3.8, 4) is 5.69 Å². The number of rotatable bonds is 3. The van der Waals surface area contributed by atoms with Crippen molar-refractivity contribution in [2.45, 2.75) is 0 Å². The van der Waals surface area contributed by atoms with Gasteiger partial charge in [0.2, 0.25) is 5.69 Å². The third-order valence-electron chi connectivity index (χ3n) is 4.20. The largest absolute Gasteiger partial charge is 0.464 e. The maximum atomic E-state index is 12.4. The Morgan fingerprint density at radius 3 is 1.96 bits per heavy atom. The number of hydrogen-bond acceptors (Lipinski definition) is 7. The lowest BCUT2D eigenvalue weighted by Crippen LogP contribution is -2.16. The minimum atomic E-state index is -0.774. The molecule has 8 heteroatoms. The van der Waals surface area contributed by atoms with Gasteiger partial charge in [0.15, 0.2) is 5.69 Å². The Labute approximate surface area is 153 Å². The van der Waals surface area contributed by atoms with Gasteiger partial charge >= 0.3 is 11.9 Å². The summed E-state index contributed by atoms with van der Waals surface area (Å²) in [5.74, 6) is -1.52. The fraction of sp³-hybridized carbons (Fsp3) is 0.105. The Bertz CT molecular complexity index is 1140. The number of ether oxygens (including phenoxy) is 2. The molecule has 0 aliphatic carbocycles. The number of pyridine rings is 1. The second kappa shape index (κ2) is 6.49. The number of carbonyl (C=O) groups excluding carboxylic acids is 2. The lowest BCUT2D eigenvalue weighted by molar-refractivity contribution is 0.0546. The lowest BCUT2D eigenvalue weighted by Gasteiger charge is -2.12. The van der Waals surface area contributed by atoms with E-state index in [9.17, 15) is 9.59 Å². The molecule has 27 heavy (non-hydrogen) atoms. The van der Waals surface area contributed by atoms with Gasteiger partial charge in [0.05, 0.1) is 30.9 Å². The molecule has 0 N–H and O–H groups in total. The lowest BCUT2D eigenvalue weighted by atomic mass is 10.1. The predicted octanol–water partition coefficient (Wildman–Crippen LogP) is 2.54. The van der Waals surface area contributed by atoms with E-state index in [1.54, 1.807) is 0 Å². The first-order valence-corrected chi connectivity index (χ1v) is 8.06. The summed E-state index contributed by atoms with van der Waals surface area (Å²) in [6.07, 6.45) is 0. The standard InChI is InChI=1S/C19H14N4O4/c1-26-18(24)15-17(19(25)27-2)23(22-21-15)16-11-7-3-5-9-13(11)20-14-10-6-4-8-12(14)16/h3-10H,1-2H3. The van der Waals surface area contributed by atoms with Crippen molar-refractivity contribution >= 4 is 33.7 Å². The SMILES string of the molecule is COC(=O)c1nnn(-c2c3ccccc3nc3ccccc23)c1C(=O)OC. The van der Waals surface area contributed by atoms with Gasteiger partial charge in [-0.05, 0) is 12.1 Å². The fourth-order valence-corrected chi connectivity index (χ4v) is 3.00. The topological polar surface area (TPSA) is 96.2 Å². The zero-order valence-corrected chi connectivity index (χ0v) is 14.5. The number of carbonyl (C=O) groups is 2. The number of benzene rings is 2. The second-order valence-electron chi connectivity index (χ2n) is 5.68. The Balaban J connectivity index is 2.15. The number of aromatic nitrogens is 4. The van der Waals surface area contributed by atoms with E-state index in [1.807, 2.05) is 48.5 Å². The molecule has 0 fully saturated rings. The highest BCUT2D eigenvalue weighted by molar-refractivity contribution is 6.06. The normalized spacial score (nSPS) is 10.9. The molecule has 2 heterocycles. The molecule has 4 aromatic rings. The third-order valence-corrected chi connectivity index (χ3v) is 4.20. The summed E-state index contributed by atoms with van der Waals surface area (Å²) in [7, 11) is 2.43. The second-order valence-corrected chi connectivity index (χ2v) is 5.68. The Kier molecular flexibility index (Phi) is 4.00. The maximum Gasteiger partial charge on any atom is 0.361 e. The van der Waals surface area contributed by atoms with Crippen LogP contribution < -0.4 is 0 Å². The minimum Gasteiger partial charge on any atom is -0.464 e. The molecular weight excluding hydrogens is 348 g/mol. The van der Waals surface area contributed by atoms with Gasteiger partial charge in [-0.2, -0.15) is 0 Å². The summed E-state index contributed by atoms with van der Waals surface area (Å²) >= 11 is 0. The van der Waals surface area contributed by atoms with Gasteiger partial charge in [0.1, 0.15) is 0 Å². The van der Waals surface area contributed by atoms with E-state index in [0.717, 1.165) is 21.8 Å². The molecule has 0 spiro atoms. The van der Waals surface area contributed by atoms with Crippen LogP contribution in [0.5, 0.6) is 0 Å². The smallest absolute Gasteiger partial charge is 0.361 e. The van der Waals surface area contributed by atoms with Gasteiger partial charge in [-0.1, -0.05) is 41.6 Å². The van der Waals surface area contributed by atoms with Crippen molar-refractivity contribution in [2.24, 2.45) is 0 Å². The molecule has 0 atom stereocenters. The van der Waals surface area contributed by atoms with Crippen molar-refractivity contribution < 1.29 is 19.1 Å². The Morgan fingerprint density at radius 2 is 1.41 bits per heavy atom. The monoisotopic (exact) mass is 362 g/mol. The summed E-state index contributed by atoms with van der Waals surface area (Å²) < 4.78 is 10.9. The van der Waals surface area contributed by atoms with Crippen LogP contribution in [0.3, 0.4) is 0 Å². The van der Waals surface area contributed by atoms with Gasteiger partial charge in [-0.3, -0.25) is 0 Å². The first kappa shape index (κ1) is 16.6. The van der Waals surface area contributed by atoms with Crippen LogP contribution in [-0.2, 0) is 9.47 Å². The highest BCUT2D eigenvalue weighted by Gasteiger charge is 2.29. The van der Waals surface area contributed by atoms with Crippen molar-refractivity contribution in [3.05, 3.63) is 59.9 Å². The van der Waals surface area contributed by atoms with Crippen molar-refractivity contribution in [1.82, 2.24) is 20.0 Å². The number of esters is 2. The van der Waals surface area contributed by atoms with E-state index in [0.29, 0.717) is 5.69 Å². The molecule has 4 rings (SSSR count). The summed E-state index contributed by atoms with van der Waals surface area (Å²) in [4.78, 5) is 29.2. The number of para-hydroxylation sites is 2. The van der Waals surface area contributed by atoms with Gasteiger partial charge < -0.3 is 9.47 Å². The molecule has 0 bridgehead atoms. The number of fused-ring (bicyclic) bond motifs is 2. The van der Waals surface area contributed by atoms with Crippen LogP contribution in [0.15, 0.2) is 48.5 Å². The molecule has 0 saturated carbocycles. The molecular formula is C19H14N4O4. The highest BCUT2D eigenvalue weighted by Crippen LogP contribution is 2.30. The molecule has 0 aliphatic rings. The summed E-state index contributed by atoms with van der Waals surface area (Å²) in [5, 5.41) is 9.43. The molecule has 0 unspecified atom stereocenters. The van der Waals surface area contributed by atoms with Gasteiger partial charge in [-0.25, -0.2) is 19.3 Å². The predicted molar refractivity (Wildman–Crippen MR) is 96.8 cm³/mol. The van der Waals surface area contributed by atoms with Gasteiger partial charge in [-0.15, -0.1) is 5.10 Å². The first-order chi connectivity index (χ1) is 13.2. The summed E-state index contributed by atoms with van der Waals surface area (Å²) in [5.41, 5.74) is 1.70. The van der Waals surface area contributed by atoms with Crippen molar-refractivity contribution in [1.29, 1.82) is 0 Å². The van der Waals surface area contributed by atoms with Crippen LogP contribution >= 0.6 is 0 Å². The third kappa shape index (κ3) is 2.58. The quantitative estimate of drug-likeness (QED) is 0.408. The van der Waals surface area contributed by atoms with E-state index < -0.39 is 11.9 Å². The van der Waals surface area contributed by atoms with E-state index in [-0.39, 0.29) is 11.4 Å². The highest BCUT2D eigenvalue weighted by atomic mass is 16.5. The molecule has 8 nitrogen and oxygen atoms in total. The molecule has 2 aromatic heterocycles. The van der Waals surface area contributed by atoms with Crippen molar-refractivity contribution in [3.63, 3.8) is 0 Å². The minimum absolute atomic E-state index is 0.106.